The van der Waals surface area contributed by atoms with Gasteiger partial charge in [-0.3, -0.25) is 15.1 Å². The lowest BCUT2D eigenvalue weighted by atomic mass is 9.43. The number of hydrogen-bond donors (Lipinski definition) is 0. The first-order valence-corrected chi connectivity index (χ1v) is 31.3. The van der Waals surface area contributed by atoms with Gasteiger partial charge in [0.2, 0.25) is 0 Å². The molecule has 6 fully saturated rings. The Morgan fingerprint density at radius 2 is 1.38 bits per heavy atom. The number of allylic oxidation sites excluding steroid dienone is 11. The van der Waals surface area contributed by atoms with Gasteiger partial charge in [-0.05, 0) is 231 Å². The van der Waals surface area contributed by atoms with Crippen molar-refractivity contribution in [1.82, 2.24) is 0 Å². The molecule has 3 aromatic carbocycles. The largest absolute Gasteiger partial charge is 0.493 e. The van der Waals surface area contributed by atoms with Crippen molar-refractivity contribution in [3.8, 4) is 11.5 Å². The molecular weight excluding hydrogens is 999 g/mol. The van der Waals surface area contributed by atoms with Gasteiger partial charge in [-0.15, -0.1) is 0 Å². The highest BCUT2D eigenvalue weighted by Crippen LogP contribution is 2.89. The van der Waals surface area contributed by atoms with Gasteiger partial charge in [-0.2, -0.15) is 5.10 Å². The summed E-state index contributed by atoms with van der Waals surface area (Å²) in [6.07, 6.45) is 13.9. The lowest BCUT2D eigenvalue weighted by Gasteiger charge is -2.60. The van der Waals surface area contributed by atoms with Crippen molar-refractivity contribution in [2.45, 2.75) is 114 Å². The van der Waals surface area contributed by atoms with Crippen LogP contribution in [-0.2, 0) is 24.5 Å². The molecule has 0 amide bonds. The third-order valence-corrected chi connectivity index (χ3v) is 25.2. The highest BCUT2D eigenvalue weighted by molar-refractivity contribution is 6.22. The van der Waals surface area contributed by atoms with Crippen molar-refractivity contribution in [1.29, 1.82) is 0 Å². The van der Waals surface area contributed by atoms with Gasteiger partial charge in [-0.1, -0.05) is 19.4 Å². The van der Waals surface area contributed by atoms with E-state index in [-0.39, 0.29) is 27.4 Å². The Hall–Kier alpha value is -5.59. The van der Waals surface area contributed by atoms with Crippen LogP contribution in [0.1, 0.15) is 148 Å². The SMILES string of the molecule is CC1(COCCCOc2cc(OCCCOCC3(C)COC3)cc(C3=NN(c4ccc([N+](=O)[O-])cc4)C45c6c7c8c9c%10c6C6CCC%10C%10CCC%11C%12CCC%13=C%14CCC%15=C(CCC64)C35C3C%15=C%14C4=C%13C%12C(=C8C4=C73)C%11C9%10)c2)COC1. The molecule has 80 heavy (non-hydrogen) atoms. The van der Waals surface area contributed by atoms with Crippen molar-refractivity contribution >= 4 is 28.2 Å². The zero-order valence-corrected chi connectivity index (χ0v) is 46.0. The minimum atomic E-state index is -0.541. The number of hydrogen-bond acceptors (Lipinski definition) is 10. The molecule has 0 N–H and O–H groups in total. The van der Waals surface area contributed by atoms with E-state index in [9.17, 15) is 10.1 Å². The first kappa shape index (κ1) is 45.0. The number of fused-ring (bicyclic) bond motifs is 3. The molecule has 0 aromatic heterocycles. The molecule has 3 aliphatic heterocycles. The summed E-state index contributed by atoms with van der Waals surface area (Å²) in [7, 11) is 0. The number of nitrogens with zero attached hydrogens (tertiary/aromatic N) is 3. The maximum Gasteiger partial charge on any atom is 0.269 e. The second-order valence-corrected chi connectivity index (χ2v) is 28.9. The number of anilines is 1. The molecule has 11 heteroatoms. The molecule has 12 atom stereocenters. The zero-order valence-electron chi connectivity index (χ0n) is 46.0. The summed E-state index contributed by atoms with van der Waals surface area (Å²) >= 11 is 0. The monoisotopic (exact) mass is 1070 g/mol. The van der Waals surface area contributed by atoms with E-state index in [1.54, 1.807) is 90.1 Å². The van der Waals surface area contributed by atoms with Crippen LogP contribution in [0.2, 0.25) is 0 Å². The first-order valence-electron chi connectivity index (χ1n) is 31.3. The molecule has 15 aliphatic carbocycles. The molecule has 4 saturated carbocycles. The average Bonchev–Trinajstić information content (AvgIpc) is 1.75. The highest BCUT2D eigenvalue weighted by Gasteiger charge is 2.84. The van der Waals surface area contributed by atoms with E-state index < -0.39 is 11.0 Å². The Kier molecular flexibility index (Phi) is 8.21. The molecule has 406 valence electrons. The summed E-state index contributed by atoms with van der Waals surface area (Å²) in [4.78, 5) is 12.3. The van der Waals surface area contributed by atoms with Gasteiger partial charge in [0.25, 0.3) is 5.69 Å². The van der Waals surface area contributed by atoms with Gasteiger partial charge < -0.3 is 28.4 Å². The standard InChI is InChI=1S/C69H67N3O8/c1-66(28-77-29-66)26-75-19-3-21-79-35-23-32(24-36(25-35)80-22-4-20-76-27-67(2)30-78-31-67)65-68-45-17-18-46-44-16-14-42-40-12-10-38-37-9-11-39-41-13-15-43(45)53-51(41)56-49(39)47(37)55-48(38)50(40)57-52(42)54(44)64(62-60(57)58(55)59(56)61(62)63(53)68)69(46,68)71(70-65)33-5-7-34(8-6-33)72(73)74/h5-8,23-25,37-38,40,42,44,46-48,50,63H,3-4,9-22,26-31H2,1-2H3. The van der Waals surface area contributed by atoms with Gasteiger partial charge >= 0.3 is 0 Å². The van der Waals surface area contributed by atoms with Crippen molar-refractivity contribution < 1.29 is 33.3 Å². The van der Waals surface area contributed by atoms with Crippen LogP contribution in [0.25, 0.3) is 11.1 Å². The second kappa shape index (κ2) is 14.6. The lowest BCUT2D eigenvalue weighted by molar-refractivity contribution is -0.384. The van der Waals surface area contributed by atoms with Crippen LogP contribution >= 0.6 is 0 Å². The van der Waals surface area contributed by atoms with Crippen molar-refractivity contribution in [3.05, 3.63) is 147 Å². The van der Waals surface area contributed by atoms with Crippen LogP contribution in [0.3, 0.4) is 0 Å². The van der Waals surface area contributed by atoms with Gasteiger partial charge in [-0.25, -0.2) is 0 Å². The third-order valence-electron chi connectivity index (χ3n) is 25.2. The molecule has 12 unspecified atom stereocenters. The number of ether oxygens (including phenoxy) is 6. The summed E-state index contributed by atoms with van der Waals surface area (Å²) in [5.41, 5.74) is 33.6. The fourth-order valence-electron chi connectivity index (χ4n) is 23.2. The van der Waals surface area contributed by atoms with E-state index in [2.05, 4.69) is 49.2 Å². The fourth-order valence-corrected chi connectivity index (χ4v) is 23.2. The maximum atomic E-state index is 12.5. The quantitative estimate of drug-likeness (QED) is 0.0740. The Morgan fingerprint density at radius 1 is 0.662 bits per heavy atom. The van der Waals surface area contributed by atoms with E-state index in [0.29, 0.717) is 75.1 Å². The fraction of sp³-hybridized carbons (Fsp3) is 0.551. The van der Waals surface area contributed by atoms with Crippen LogP contribution < -0.4 is 14.5 Å². The van der Waals surface area contributed by atoms with Gasteiger partial charge in [0.1, 0.15) is 17.0 Å². The molecule has 0 radical (unpaired) electrons. The molecule has 0 bridgehead atoms. The van der Waals surface area contributed by atoms with Crippen LogP contribution in [0.4, 0.5) is 11.4 Å². The minimum absolute atomic E-state index is 0.0981. The second-order valence-electron chi connectivity index (χ2n) is 28.9. The van der Waals surface area contributed by atoms with E-state index in [0.717, 1.165) is 111 Å². The first-order chi connectivity index (χ1) is 39.2. The Labute approximate surface area is 466 Å². The summed E-state index contributed by atoms with van der Waals surface area (Å²) in [6, 6.07) is 14.3. The van der Waals surface area contributed by atoms with Gasteiger partial charge in [0.15, 0.2) is 0 Å². The van der Waals surface area contributed by atoms with Gasteiger partial charge in [0, 0.05) is 72.5 Å². The minimum Gasteiger partial charge on any atom is -0.493 e. The molecule has 11 nitrogen and oxygen atoms in total. The summed E-state index contributed by atoms with van der Waals surface area (Å²) in [5, 5.41) is 21.5. The maximum absolute atomic E-state index is 12.5. The van der Waals surface area contributed by atoms with Gasteiger partial charge in [0.05, 0.1) is 74.6 Å². The number of benzene rings is 3. The number of nitro benzene ring substituents is 1. The summed E-state index contributed by atoms with van der Waals surface area (Å²) < 4.78 is 37.3. The van der Waals surface area contributed by atoms with Crippen molar-refractivity contribution in [2.24, 2.45) is 62.8 Å². The predicted octanol–water partition coefficient (Wildman–Crippen LogP) is 12.7. The number of rotatable bonds is 17. The topological polar surface area (TPSA) is 114 Å². The Balaban J connectivity index is 0.804. The Bertz CT molecular complexity index is 3750. The van der Waals surface area contributed by atoms with Crippen LogP contribution in [0.5, 0.6) is 11.5 Å². The summed E-state index contributed by atoms with van der Waals surface area (Å²) in [6.45, 7) is 11.1. The number of non-ortho nitro benzene ring substituents is 1. The summed E-state index contributed by atoms with van der Waals surface area (Å²) in [5.74, 6) is 7.32. The normalized spacial score (nSPS) is 37.2. The average molecular weight is 1070 g/mol. The molecule has 21 rings (SSSR count). The number of hydrazone groups is 1. The third kappa shape index (κ3) is 4.76. The Morgan fingerprint density at radius 3 is 2.10 bits per heavy atom. The van der Waals surface area contributed by atoms with Crippen LogP contribution in [0.15, 0.2) is 103 Å². The molecule has 18 aliphatic rings. The molecular formula is C69H67N3O8. The highest BCUT2D eigenvalue weighted by atomic mass is 16.6. The van der Waals surface area contributed by atoms with Crippen molar-refractivity contribution in [2.75, 3.05) is 71.1 Å². The molecule has 2 saturated heterocycles. The predicted molar refractivity (Wildman–Crippen MR) is 300 cm³/mol. The van der Waals surface area contributed by atoms with Crippen LogP contribution in [-0.4, -0.2) is 76.7 Å². The van der Waals surface area contributed by atoms with Crippen molar-refractivity contribution in [3.63, 3.8) is 0 Å². The lowest BCUT2D eigenvalue weighted by Crippen LogP contribution is -2.64. The zero-order chi connectivity index (χ0) is 52.2. The number of nitro groups is 1. The smallest absolute Gasteiger partial charge is 0.269 e. The molecule has 3 aromatic rings. The molecule has 3 heterocycles. The molecule has 2 spiro atoms. The van der Waals surface area contributed by atoms with E-state index in [1.807, 2.05) is 22.3 Å². The van der Waals surface area contributed by atoms with E-state index in [4.69, 9.17) is 33.5 Å². The van der Waals surface area contributed by atoms with E-state index in [1.165, 1.54) is 38.5 Å². The van der Waals surface area contributed by atoms with Crippen LogP contribution in [0, 0.1) is 67.8 Å². The van der Waals surface area contributed by atoms with E-state index >= 15 is 0 Å².